The highest BCUT2D eigenvalue weighted by Crippen LogP contribution is 2.33. The molecule has 0 aromatic heterocycles. The maximum absolute atomic E-state index is 9.77. The number of ether oxygens (including phenoxy) is 3. The molecule has 2 N–H and O–H groups in total. The third-order valence-electron chi connectivity index (χ3n) is 4.97. The van der Waals surface area contributed by atoms with Crippen LogP contribution < -0.4 is 9.47 Å². The lowest BCUT2D eigenvalue weighted by Gasteiger charge is -2.20. The van der Waals surface area contributed by atoms with Crippen LogP contribution in [0.3, 0.4) is 0 Å². The van der Waals surface area contributed by atoms with Gasteiger partial charge >= 0.3 is 0 Å². The molecule has 2 aromatic rings. The zero-order valence-corrected chi connectivity index (χ0v) is 16.6. The van der Waals surface area contributed by atoms with Crippen LogP contribution in [0.25, 0.3) is 0 Å². The molecule has 0 amide bonds. The molecule has 0 saturated heterocycles. The number of hydrogen-bond acceptors (Lipinski definition) is 5. The monoisotopic (exact) mass is 374 g/mol. The number of phenols is 2. The molecule has 5 nitrogen and oxygen atoms in total. The van der Waals surface area contributed by atoms with Crippen LogP contribution in [0.15, 0.2) is 36.4 Å². The van der Waals surface area contributed by atoms with E-state index in [-0.39, 0.29) is 23.3 Å². The SMILES string of the molecule is CCC(COCC(CC)c1ccc(O)c(OC)c1)c1ccc(O)c(OC)c1. The molecule has 0 aliphatic heterocycles. The van der Waals surface area contributed by atoms with Crippen molar-refractivity contribution in [2.24, 2.45) is 0 Å². The summed E-state index contributed by atoms with van der Waals surface area (Å²) in [4.78, 5) is 0. The molecule has 0 spiro atoms. The molecular formula is C22H30O5. The van der Waals surface area contributed by atoms with E-state index in [1.54, 1.807) is 26.4 Å². The highest BCUT2D eigenvalue weighted by molar-refractivity contribution is 5.43. The Bertz CT molecular complexity index is 667. The lowest BCUT2D eigenvalue weighted by molar-refractivity contribution is 0.104. The maximum atomic E-state index is 9.77. The molecular weight excluding hydrogens is 344 g/mol. The summed E-state index contributed by atoms with van der Waals surface area (Å²) in [6.45, 7) is 5.43. The third-order valence-corrected chi connectivity index (χ3v) is 4.97. The van der Waals surface area contributed by atoms with Crippen LogP contribution in [0.4, 0.5) is 0 Å². The highest BCUT2D eigenvalue weighted by atomic mass is 16.5. The summed E-state index contributed by atoms with van der Waals surface area (Å²) in [6.07, 6.45) is 1.86. The molecule has 2 atom stereocenters. The Morgan fingerprint density at radius 1 is 0.741 bits per heavy atom. The van der Waals surface area contributed by atoms with Crippen LogP contribution in [0, 0.1) is 0 Å². The molecule has 2 aromatic carbocycles. The minimum atomic E-state index is 0.143. The molecule has 0 saturated carbocycles. The first-order chi connectivity index (χ1) is 13.0. The van der Waals surface area contributed by atoms with E-state index in [2.05, 4.69) is 13.8 Å². The second-order valence-electron chi connectivity index (χ2n) is 6.61. The van der Waals surface area contributed by atoms with Gasteiger partial charge in [0.1, 0.15) is 0 Å². The summed E-state index contributed by atoms with van der Waals surface area (Å²) in [5.74, 6) is 1.70. The summed E-state index contributed by atoms with van der Waals surface area (Å²) < 4.78 is 16.5. The predicted molar refractivity (Wildman–Crippen MR) is 106 cm³/mol. The third kappa shape index (κ3) is 5.30. The second-order valence-corrected chi connectivity index (χ2v) is 6.61. The quantitative estimate of drug-likeness (QED) is 0.624. The Balaban J connectivity index is 2.01. The highest BCUT2D eigenvalue weighted by Gasteiger charge is 2.16. The molecule has 148 valence electrons. The summed E-state index contributed by atoms with van der Waals surface area (Å²) in [6, 6.07) is 10.9. The Morgan fingerprint density at radius 3 is 1.48 bits per heavy atom. The fourth-order valence-corrected chi connectivity index (χ4v) is 3.15. The van der Waals surface area contributed by atoms with Gasteiger partial charge < -0.3 is 24.4 Å². The van der Waals surface area contributed by atoms with Gasteiger partial charge in [0.25, 0.3) is 0 Å². The number of benzene rings is 2. The Kier molecular flexibility index (Phi) is 7.80. The molecule has 2 rings (SSSR count). The zero-order chi connectivity index (χ0) is 19.8. The van der Waals surface area contributed by atoms with E-state index in [1.165, 1.54) is 0 Å². The van der Waals surface area contributed by atoms with Crippen LogP contribution in [-0.2, 0) is 4.74 Å². The van der Waals surface area contributed by atoms with E-state index >= 15 is 0 Å². The molecule has 27 heavy (non-hydrogen) atoms. The van der Waals surface area contributed by atoms with E-state index in [0.29, 0.717) is 24.7 Å². The van der Waals surface area contributed by atoms with Gasteiger partial charge in [0, 0.05) is 11.8 Å². The van der Waals surface area contributed by atoms with Gasteiger partial charge in [-0.15, -0.1) is 0 Å². The van der Waals surface area contributed by atoms with E-state index < -0.39 is 0 Å². The van der Waals surface area contributed by atoms with E-state index in [9.17, 15) is 10.2 Å². The van der Waals surface area contributed by atoms with Crippen molar-refractivity contribution in [2.45, 2.75) is 38.5 Å². The zero-order valence-electron chi connectivity index (χ0n) is 16.6. The summed E-state index contributed by atoms with van der Waals surface area (Å²) in [7, 11) is 3.10. The standard InChI is InChI=1S/C22H30O5/c1-5-15(17-7-9-19(23)21(11-17)25-3)13-27-14-16(6-2)18-8-10-20(24)22(12-18)26-4/h7-12,15-16,23-24H,5-6,13-14H2,1-4H3. The van der Waals surface area contributed by atoms with Crippen LogP contribution >= 0.6 is 0 Å². The molecule has 0 aliphatic carbocycles. The molecule has 0 radical (unpaired) electrons. The first-order valence-electron chi connectivity index (χ1n) is 9.35. The first kappa shape index (κ1) is 20.9. The molecule has 0 aliphatic rings. The predicted octanol–water partition coefficient (Wildman–Crippen LogP) is 4.82. The van der Waals surface area contributed by atoms with Gasteiger partial charge in [-0.3, -0.25) is 0 Å². The van der Waals surface area contributed by atoms with Crippen LogP contribution in [0.1, 0.15) is 49.7 Å². The van der Waals surface area contributed by atoms with Crippen LogP contribution in [0.5, 0.6) is 23.0 Å². The summed E-state index contributed by atoms with van der Waals surface area (Å²) in [5, 5.41) is 19.5. The van der Waals surface area contributed by atoms with Gasteiger partial charge in [0.05, 0.1) is 27.4 Å². The minimum absolute atomic E-state index is 0.143. The average Bonchev–Trinajstić information content (AvgIpc) is 2.69. The topological polar surface area (TPSA) is 68.2 Å². The molecule has 2 unspecified atom stereocenters. The Labute approximate surface area is 161 Å². The normalized spacial score (nSPS) is 13.2. The second kappa shape index (κ2) is 10.1. The van der Waals surface area contributed by atoms with Gasteiger partial charge in [-0.1, -0.05) is 26.0 Å². The van der Waals surface area contributed by atoms with Crippen molar-refractivity contribution in [1.29, 1.82) is 0 Å². The molecule has 0 fully saturated rings. The van der Waals surface area contributed by atoms with Crippen molar-refractivity contribution < 1.29 is 24.4 Å². The first-order valence-corrected chi connectivity index (χ1v) is 9.35. The van der Waals surface area contributed by atoms with Crippen molar-refractivity contribution in [2.75, 3.05) is 27.4 Å². The van der Waals surface area contributed by atoms with Gasteiger partial charge in [-0.25, -0.2) is 0 Å². The Hall–Kier alpha value is -2.40. The van der Waals surface area contributed by atoms with Crippen molar-refractivity contribution in [3.63, 3.8) is 0 Å². The largest absolute Gasteiger partial charge is 0.504 e. The fraction of sp³-hybridized carbons (Fsp3) is 0.455. The maximum Gasteiger partial charge on any atom is 0.160 e. The molecule has 5 heteroatoms. The van der Waals surface area contributed by atoms with Gasteiger partial charge in [-0.2, -0.15) is 0 Å². The lowest BCUT2D eigenvalue weighted by atomic mass is 9.95. The average molecular weight is 374 g/mol. The van der Waals surface area contributed by atoms with Gasteiger partial charge in [0.15, 0.2) is 23.0 Å². The Morgan fingerprint density at radius 2 is 1.15 bits per heavy atom. The van der Waals surface area contributed by atoms with Gasteiger partial charge in [0.2, 0.25) is 0 Å². The van der Waals surface area contributed by atoms with Crippen LogP contribution in [0.2, 0.25) is 0 Å². The fourth-order valence-electron chi connectivity index (χ4n) is 3.15. The van der Waals surface area contributed by atoms with Crippen molar-refractivity contribution in [3.05, 3.63) is 47.5 Å². The number of aromatic hydroxyl groups is 2. The van der Waals surface area contributed by atoms with E-state index in [1.807, 2.05) is 24.3 Å². The van der Waals surface area contributed by atoms with Crippen molar-refractivity contribution >= 4 is 0 Å². The number of hydrogen-bond donors (Lipinski definition) is 2. The molecule has 0 heterocycles. The summed E-state index contributed by atoms with van der Waals surface area (Å²) >= 11 is 0. The smallest absolute Gasteiger partial charge is 0.160 e. The van der Waals surface area contributed by atoms with E-state index in [0.717, 1.165) is 24.0 Å². The number of methoxy groups -OCH3 is 2. The number of rotatable bonds is 10. The lowest BCUT2D eigenvalue weighted by Crippen LogP contribution is -2.13. The van der Waals surface area contributed by atoms with Gasteiger partial charge in [-0.05, 0) is 48.2 Å². The van der Waals surface area contributed by atoms with Crippen molar-refractivity contribution in [1.82, 2.24) is 0 Å². The van der Waals surface area contributed by atoms with Crippen molar-refractivity contribution in [3.8, 4) is 23.0 Å². The minimum Gasteiger partial charge on any atom is -0.504 e. The van der Waals surface area contributed by atoms with Crippen LogP contribution in [-0.4, -0.2) is 37.6 Å². The van der Waals surface area contributed by atoms with E-state index in [4.69, 9.17) is 14.2 Å². The number of phenolic OH excluding ortho intramolecular Hbond substituents is 2. The molecule has 0 bridgehead atoms. The summed E-state index contributed by atoms with van der Waals surface area (Å²) in [5.41, 5.74) is 2.18.